The predicted molar refractivity (Wildman–Crippen MR) is 327 cm³/mol. The van der Waals surface area contributed by atoms with Gasteiger partial charge in [-0.15, -0.1) is 0 Å². The van der Waals surface area contributed by atoms with Gasteiger partial charge in [0, 0.05) is 33.6 Å². The van der Waals surface area contributed by atoms with Crippen LogP contribution >= 0.6 is 0 Å². The van der Waals surface area contributed by atoms with Crippen molar-refractivity contribution in [2.24, 2.45) is 5.41 Å². The molecule has 0 saturated heterocycles. The first-order valence-electron chi connectivity index (χ1n) is 28.4. The average Bonchev–Trinajstić information content (AvgIpc) is 3.88. The third kappa shape index (κ3) is 12.6. The molecule has 2 aliphatic carbocycles. The molecule has 0 spiro atoms. The average molecular weight is 979 g/mol. The largest absolute Gasteiger partial charge is 0.356 e. The van der Waals surface area contributed by atoms with Gasteiger partial charge in [0.1, 0.15) is 0 Å². The smallest absolute Gasteiger partial charge is 0.0387 e. The van der Waals surface area contributed by atoms with E-state index in [0.29, 0.717) is 0 Å². The fourth-order valence-corrected chi connectivity index (χ4v) is 12.0. The molecule has 2 N–H and O–H groups in total. The van der Waals surface area contributed by atoms with E-state index >= 15 is 0 Å². The van der Waals surface area contributed by atoms with Gasteiger partial charge in [0.2, 0.25) is 0 Å². The Morgan fingerprint density at radius 1 is 0.459 bits per heavy atom. The van der Waals surface area contributed by atoms with Crippen LogP contribution in [0.5, 0.6) is 0 Å². The number of hydrogen-bond acceptors (Lipinski definition) is 2. The van der Waals surface area contributed by atoms with E-state index in [1.807, 2.05) is 6.08 Å². The summed E-state index contributed by atoms with van der Waals surface area (Å²) in [6.45, 7) is 28.4. The van der Waals surface area contributed by atoms with Crippen molar-refractivity contribution in [2.45, 2.75) is 149 Å². The van der Waals surface area contributed by atoms with E-state index in [9.17, 15) is 0 Å². The lowest BCUT2D eigenvalue weighted by molar-refractivity contribution is 0.351. The predicted octanol–water partition coefficient (Wildman–Crippen LogP) is 22.0. The lowest BCUT2D eigenvalue weighted by Gasteiger charge is -2.35. The summed E-state index contributed by atoms with van der Waals surface area (Å²) in [4.78, 5) is 0. The van der Waals surface area contributed by atoms with Crippen molar-refractivity contribution in [1.29, 1.82) is 0 Å². The molecular weight excluding hydrogens is 893 g/mol. The molecule has 0 fully saturated rings. The minimum Gasteiger partial charge on any atom is -0.356 e. The molecule has 2 nitrogen and oxygen atoms in total. The highest BCUT2D eigenvalue weighted by Crippen LogP contribution is 2.55. The van der Waals surface area contributed by atoms with Crippen molar-refractivity contribution in [3.05, 3.63) is 229 Å². The minimum absolute atomic E-state index is 0.0182. The molecule has 0 aromatic heterocycles. The number of fused-ring (bicyclic) bond motifs is 1. The first kappa shape index (κ1) is 55.1. The quantitative estimate of drug-likeness (QED) is 0.0354. The van der Waals surface area contributed by atoms with Crippen LogP contribution in [0.4, 0.5) is 17.1 Å². The van der Waals surface area contributed by atoms with Gasteiger partial charge >= 0.3 is 0 Å². The molecule has 74 heavy (non-hydrogen) atoms. The van der Waals surface area contributed by atoms with Crippen molar-refractivity contribution in [3.63, 3.8) is 0 Å². The highest BCUT2D eigenvalue weighted by molar-refractivity contribution is 5.89. The molecule has 0 bridgehead atoms. The zero-order valence-corrected chi connectivity index (χ0v) is 45.9. The van der Waals surface area contributed by atoms with Crippen LogP contribution in [0, 0.1) is 5.41 Å². The molecule has 1 atom stereocenters. The van der Waals surface area contributed by atoms with Crippen molar-refractivity contribution >= 4 is 22.6 Å². The third-order valence-electron chi connectivity index (χ3n) is 16.0. The summed E-state index contributed by atoms with van der Waals surface area (Å²) < 4.78 is 0. The Hall–Kier alpha value is -6.64. The lowest BCUT2D eigenvalue weighted by atomic mass is 9.68. The Morgan fingerprint density at radius 3 is 1.34 bits per heavy atom. The molecule has 2 aliphatic rings. The highest BCUT2D eigenvalue weighted by Gasteiger charge is 2.43. The summed E-state index contributed by atoms with van der Waals surface area (Å²) in [6, 6.07) is 42.6. The first-order valence-corrected chi connectivity index (χ1v) is 28.4. The van der Waals surface area contributed by atoms with Gasteiger partial charge < -0.3 is 10.6 Å². The Balaban J connectivity index is 1.01. The molecule has 2 heteroatoms. The van der Waals surface area contributed by atoms with Crippen LogP contribution in [0.3, 0.4) is 0 Å². The second-order valence-corrected chi connectivity index (χ2v) is 20.9. The molecule has 0 amide bonds. The van der Waals surface area contributed by atoms with E-state index in [-0.39, 0.29) is 10.8 Å². The van der Waals surface area contributed by atoms with Crippen LogP contribution in [-0.2, 0) is 5.41 Å². The van der Waals surface area contributed by atoms with E-state index in [4.69, 9.17) is 0 Å². The van der Waals surface area contributed by atoms with E-state index in [1.54, 1.807) is 0 Å². The molecule has 1 unspecified atom stereocenters. The van der Waals surface area contributed by atoms with Gasteiger partial charge in [0.15, 0.2) is 0 Å². The maximum absolute atomic E-state index is 4.35. The van der Waals surface area contributed by atoms with Gasteiger partial charge in [-0.05, 0) is 154 Å². The summed E-state index contributed by atoms with van der Waals surface area (Å²) in [6.07, 6.45) is 38.0. The monoisotopic (exact) mass is 979 g/mol. The Labute approximate surface area is 448 Å². The van der Waals surface area contributed by atoms with Crippen LogP contribution < -0.4 is 10.6 Å². The fourth-order valence-electron chi connectivity index (χ4n) is 12.0. The molecule has 0 saturated carbocycles. The maximum atomic E-state index is 4.35. The zero-order chi connectivity index (χ0) is 52.3. The molecule has 0 aliphatic heterocycles. The van der Waals surface area contributed by atoms with Gasteiger partial charge in [-0.2, -0.15) is 0 Å². The SMILES string of the molecule is C=CC1=C(C=C)C(CCCCC)(CCCCCC)C(/C=C(\C=C/C)Nc2ccc(-c3ccc(-c4ccc(-c5ccc(Nc6ccc7c(c6)C(CCCCC)(CCCCC)C(C=C)=C7C=C)cc5)cc4)cc3)cc2)=C1. The summed E-state index contributed by atoms with van der Waals surface area (Å²) in [7, 11) is 0. The van der Waals surface area contributed by atoms with E-state index < -0.39 is 0 Å². The van der Waals surface area contributed by atoms with Gasteiger partial charge in [-0.1, -0.05) is 253 Å². The van der Waals surface area contributed by atoms with Crippen molar-refractivity contribution in [3.8, 4) is 33.4 Å². The second kappa shape index (κ2) is 27.1. The van der Waals surface area contributed by atoms with Crippen LogP contribution in [0.25, 0.3) is 39.0 Å². The molecule has 5 aromatic carbocycles. The third-order valence-corrected chi connectivity index (χ3v) is 16.0. The number of rotatable bonds is 30. The standard InChI is InChI=1S/C72H86N2/c1-10-19-23-27-48-71(47-24-20-11-2)61(51-54(15-6)68(71)17-8)52-64(28-14-5)73-62-41-37-59(38-42-62)57-33-29-55(30-34-57)56-31-35-58(36-32-56)60-39-43-63(44-40-60)74-65-45-46-67-66(16-7)69(18-9)72(70(67)53-65,49-25-21-12-3)50-26-22-13-4/h14-18,28-46,51-53,73-74H,6-13,19-27,47-50H2,1-5H3/b28-14-,64-52+. The number of anilines is 3. The summed E-state index contributed by atoms with van der Waals surface area (Å²) in [5.41, 5.74) is 20.8. The zero-order valence-electron chi connectivity index (χ0n) is 45.9. The van der Waals surface area contributed by atoms with Crippen molar-refractivity contribution in [2.75, 3.05) is 10.6 Å². The lowest BCUT2D eigenvalue weighted by Crippen LogP contribution is -2.26. The second-order valence-electron chi connectivity index (χ2n) is 20.9. The van der Waals surface area contributed by atoms with Crippen LogP contribution in [-0.4, -0.2) is 0 Å². The Kier molecular flexibility index (Phi) is 20.2. The maximum Gasteiger partial charge on any atom is 0.0387 e. The van der Waals surface area contributed by atoms with Crippen LogP contribution in [0.2, 0.25) is 0 Å². The summed E-state index contributed by atoms with van der Waals surface area (Å²) >= 11 is 0. The van der Waals surface area contributed by atoms with Crippen molar-refractivity contribution < 1.29 is 0 Å². The molecule has 5 aromatic rings. The molecule has 0 heterocycles. The normalized spacial score (nSPS) is 16.1. The van der Waals surface area contributed by atoms with E-state index in [2.05, 4.69) is 229 Å². The van der Waals surface area contributed by atoms with E-state index in [0.717, 1.165) is 48.4 Å². The molecular formula is C72H86N2. The fraction of sp³-hybridized carbons (Fsp3) is 0.333. The van der Waals surface area contributed by atoms with Crippen LogP contribution in [0.15, 0.2) is 218 Å². The number of benzene rings is 5. The number of unbranched alkanes of at least 4 members (excludes halogenated alkanes) is 9. The number of hydrogen-bond donors (Lipinski definition) is 2. The first-order chi connectivity index (χ1) is 36.2. The van der Waals surface area contributed by atoms with Gasteiger partial charge in [0.05, 0.1) is 0 Å². The van der Waals surface area contributed by atoms with Crippen LogP contribution in [0.1, 0.15) is 155 Å². The highest BCUT2D eigenvalue weighted by atomic mass is 14.9. The topological polar surface area (TPSA) is 24.1 Å². The van der Waals surface area contributed by atoms with Gasteiger partial charge in [0.25, 0.3) is 0 Å². The molecule has 384 valence electrons. The number of nitrogens with one attached hydrogen (secondary N) is 2. The Morgan fingerprint density at radius 2 is 0.892 bits per heavy atom. The van der Waals surface area contributed by atoms with E-state index in [1.165, 1.54) is 156 Å². The number of allylic oxidation sites excluding steroid dienone is 13. The molecule has 0 radical (unpaired) electrons. The van der Waals surface area contributed by atoms with Crippen molar-refractivity contribution in [1.82, 2.24) is 0 Å². The minimum atomic E-state index is -0.0441. The van der Waals surface area contributed by atoms with Gasteiger partial charge in [-0.3, -0.25) is 0 Å². The summed E-state index contributed by atoms with van der Waals surface area (Å²) in [5, 5.41) is 7.53. The van der Waals surface area contributed by atoms with Gasteiger partial charge in [-0.25, -0.2) is 0 Å². The summed E-state index contributed by atoms with van der Waals surface area (Å²) in [5.74, 6) is 0. The molecule has 7 rings (SSSR count). The Bertz CT molecular complexity index is 2830.